The van der Waals surface area contributed by atoms with Crippen molar-refractivity contribution in [3.05, 3.63) is 110 Å². The molecule has 3 aromatic carbocycles. The van der Waals surface area contributed by atoms with E-state index in [1.807, 2.05) is 30.3 Å². The molecular formula is C20H15N3O5. The third-order valence-electron chi connectivity index (χ3n) is 4.07. The van der Waals surface area contributed by atoms with Crippen LogP contribution in [0.4, 0.5) is 17.1 Å². The van der Waals surface area contributed by atoms with Gasteiger partial charge in [0.1, 0.15) is 0 Å². The second kappa shape index (κ2) is 8.09. The number of carbonyl (C=O) groups excluding carboxylic acids is 1. The number of benzene rings is 3. The summed E-state index contributed by atoms with van der Waals surface area (Å²) >= 11 is 0. The van der Waals surface area contributed by atoms with Crippen LogP contribution in [0.3, 0.4) is 0 Å². The lowest BCUT2D eigenvalue weighted by molar-refractivity contribution is -0.394. The molecule has 0 saturated carbocycles. The van der Waals surface area contributed by atoms with Gasteiger partial charge in [-0.05, 0) is 17.7 Å². The molecule has 0 aliphatic heterocycles. The quantitative estimate of drug-likeness (QED) is 0.469. The standard InChI is InChI=1S/C20H15N3O5/c24-20(16-11-18(22(25)26)13-19(12-16)23(27)28)21(17-9-5-2-6-10-17)14-15-7-3-1-4-8-15/h1-13H,14H2. The maximum atomic E-state index is 13.2. The fourth-order valence-corrected chi connectivity index (χ4v) is 2.74. The molecular weight excluding hydrogens is 362 g/mol. The maximum absolute atomic E-state index is 13.2. The predicted molar refractivity (Wildman–Crippen MR) is 103 cm³/mol. The van der Waals surface area contributed by atoms with Crippen molar-refractivity contribution in [3.8, 4) is 0 Å². The van der Waals surface area contributed by atoms with Crippen molar-refractivity contribution in [3.63, 3.8) is 0 Å². The van der Waals surface area contributed by atoms with Gasteiger partial charge in [-0.3, -0.25) is 25.0 Å². The van der Waals surface area contributed by atoms with Crippen LogP contribution in [-0.2, 0) is 6.54 Å². The van der Waals surface area contributed by atoms with Crippen LogP contribution in [0.2, 0.25) is 0 Å². The summed E-state index contributed by atoms with van der Waals surface area (Å²) in [7, 11) is 0. The molecule has 0 spiro atoms. The molecule has 0 unspecified atom stereocenters. The van der Waals surface area contributed by atoms with Crippen molar-refractivity contribution in [2.24, 2.45) is 0 Å². The minimum atomic E-state index is -0.756. The first-order valence-corrected chi connectivity index (χ1v) is 8.30. The number of anilines is 1. The molecule has 0 heterocycles. The van der Waals surface area contributed by atoms with E-state index in [0.29, 0.717) is 5.69 Å². The molecule has 0 saturated heterocycles. The van der Waals surface area contributed by atoms with Gasteiger partial charge in [-0.1, -0.05) is 48.5 Å². The number of non-ortho nitro benzene ring substituents is 2. The largest absolute Gasteiger partial charge is 0.304 e. The highest BCUT2D eigenvalue weighted by Crippen LogP contribution is 2.26. The van der Waals surface area contributed by atoms with Crippen molar-refractivity contribution in [2.75, 3.05) is 4.90 Å². The first kappa shape index (κ1) is 18.7. The molecule has 0 atom stereocenters. The number of nitrogens with zero attached hydrogens (tertiary/aromatic N) is 3. The maximum Gasteiger partial charge on any atom is 0.277 e. The molecule has 0 bridgehead atoms. The van der Waals surface area contributed by atoms with Crippen LogP contribution in [0.5, 0.6) is 0 Å². The van der Waals surface area contributed by atoms with Gasteiger partial charge < -0.3 is 4.90 Å². The van der Waals surface area contributed by atoms with Gasteiger partial charge >= 0.3 is 0 Å². The van der Waals surface area contributed by atoms with E-state index in [-0.39, 0.29) is 12.1 Å². The Kier molecular flexibility index (Phi) is 5.40. The van der Waals surface area contributed by atoms with Gasteiger partial charge in [0.2, 0.25) is 0 Å². The summed E-state index contributed by atoms with van der Waals surface area (Å²) in [6.45, 7) is 0.209. The summed E-state index contributed by atoms with van der Waals surface area (Å²) in [6.07, 6.45) is 0. The fourth-order valence-electron chi connectivity index (χ4n) is 2.74. The number of nitro groups is 2. The molecule has 28 heavy (non-hydrogen) atoms. The molecule has 0 aliphatic rings. The van der Waals surface area contributed by atoms with Crippen LogP contribution in [0, 0.1) is 20.2 Å². The fraction of sp³-hybridized carbons (Fsp3) is 0.0500. The Labute approximate surface area is 160 Å². The molecule has 1 amide bonds. The highest BCUT2D eigenvalue weighted by Gasteiger charge is 2.24. The molecule has 0 fully saturated rings. The van der Waals surface area contributed by atoms with Gasteiger partial charge in [-0.2, -0.15) is 0 Å². The van der Waals surface area contributed by atoms with Crippen LogP contribution in [0.25, 0.3) is 0 Å². The van der Waals surface area contributed by atoms with E-state index in [9.17, 15) is 25.0 Å². The molecule has 3 aromatic rings. The van der Waals surface area contributed by atoms with E-state index >= 15 is 0 Å². The van der Waals surface area contributed by atoms with Crippen molar-refractivity contribution >= 4 is 23.0 Å². The Morgan fingerprint density at radius 1 is 0.786 bits per heavy atom. The third-order valence-corrected chi connectivity index (χ3v) is 4.07. The molecule has 0 radical (unpaired) electrons. The molecule has 0 N–H and O–H groups in total. The lowest BCUT2D eigenvalue weighted by atomic mass is 10.1. The lowest BCUT2D eigenvalue weighted by Gasteiger charge is -2.23. The van der Waals surface area contributed by atoms with Crippen molar-refractivity contribution in [2.45, 2.75) is 6.54 Å². The second-order valence-electron chi connectivity index (χ2n) is 5.96. The average Bonchev–Trinajstić information content (AvgIpc) is 2.72. The van der Waals surface area contributed by atoms with Gasteiger partial charge in [0, 0.05) is 17.8 Å². The van der Waals surface area contributed by atoms with E-state index in [2.05, 4.69) is 0 Å². The molecule has 0 aliphatic carbocycles. The lowest BCUT2D eigenvalue weighted by Crippen LogP contribution is -2.30. The van der Waals surface area contributed by atoms with Gasteiger partial charge in [-0.25, -0.2) is 0 Å². The normalized spacial score (nSPS) is 10.3. The minimum Gasteiger partial charge on any atom is -0.304 e. The Balaban J connectivity index is 2.06. The number of hydrogen-bond acceptors (Lipinski definition) is 5. The highest BCUT2D eigenvalue weighted by molar-refractivity contribution is 6.06. The van der Waals surface area contributed by atoms with Gasteiger partial charge in [0.15, 0.2) is 0 Å². The Hall–Kier alpha value is -4.07. The number of rotatable bonds is 6. The van der Waals surface area contributed by atoms with E-state index in [0.717, 1.165) is 23.8 Å². The van der Waals surface area contributed by atoms with Crippen molar-refractivity contribution < 1.29 is 14.6 Å². The number of nitro benzene ring substituents is 2. The van der Waals surface area contributed by atoms with E-state index < -0.39 is 27.1 Å². The topological polar surface area (TPSA) is 107 Å². The molecule has 0 aromatic heterocycles. The van der Waals surface area contributed by atoms with Crippen molar-refractivity contribution in [1.29, 1.82) is 0 Å². The number of para-hydroxylation sites is 1. The predicted octanol–water partition coefficient (Wildman–Crippen LogP) is 4.35. The Morgan fingerprint density at radius 2 is 1.29 bits per heavy atom. The zero-order valence-electron chi connectivity index (χ0n) is 14.6. The van der Waals surface area contributed by atoms with Crippen LogP contribution < -0.4 is 4.90 Å². The molecule has 140 valence electrons. The second-order valence-corrected chi connectivity index (χ2v) is 5.96. The first-order chi connectivity index (χ1) is 13.5. The van der Waals surface area contributed by atoms with Crippen LogP contribution in [-0.4, -0.2) is 15.8 Å². The van der Waals surface area contributed by atoms with Crippen LogP contribution in [0.15, 0.2) is 78.9 Å². The molecule has 8 nitrogen and oxygen atoms in total. The third kappa shape index (κ3) is 4.18. The van der Waals surface area contributed by atoms with E-state index in [4.69, 9.17) is 0 Å². The molecule has 8 heteroatoms. The average molecular weight is 377 g/mol. The van der Waals surface area contributed by atoms with Gasteiger partial charge in [-0.15, -0.1) is 0 Å². The monoisotopic (exact) mass is 377 g/mol. The summed E-state index contributed by atoms with van der Waals surface area (Å²) in [5.41, 5.74) is 0.279. The Bertz CT molecular complexity index is 990. The first-order valence-electron chi connectivity index (χ1n) is 8.30. The zero-order chi connectivity index (χ0) is 20.1. The van der Waals surface area contributed by atoms with Crippen molar-refractivity contribution in [1.82, 2.24) is 0 Å². The Morgan fingerprint density at radius 3 is 1.79 bits per heavy atom. The summed E-state index contributed by atoms with van der Waals surface area (Å²) in [6, 6.07) is 20.9. The summed E-state index contributed by atoms with van der Waals surface area (Å²) in [5, 5.41) is 22.3. The summed E-state index contributed by atoms with van der Waals surface area (Å²) < 4.78 is 0. The minimum absolute atomic E-state index is 0.124. The summed E-state index contributed by atoms with van der Waals surface area (Å²) in [5.74, 6) is -0.568. The van der Waals surface area contributed by atoms with Gasteiger partial charge in [0.05, 0.1) is 28.0 Å². The SMILES string of the molecule is O=C(c1cc([N+](=O)[O-])cc([N+](=O)[O-])c1)N(Cc1ccccc1)c1ccccc1. The molecule has 3 rings (SSSR count). The van der Waals surface area contributed by atoms with Gasteiger partial charge in [0.25, 0.3) is 17.3 Å². The highest BCUT2D eigenvalue weighted by atomic mass is 16.6. The number of hydrogen-bond donors (Lipinski definition) is 0. The zero-order valence-corrected chi connectivity index (χ0v) is 14.6. The number of carbonyl (C=O) groups is 1. The number of amides is 1. The van der Waals surface area contributed by atoms with Crippen LogP contribution in [0.1, 0.15) is 15.9 Å². The van der Waals surface area contributed by atoms with E-state index in [1.165, 1.54) is 4.90 Å². The smallest absolute Gasteiger partial charge is 0.277 e. The van der Waals surface area contributed by atoms with E-state index in [1.54, 1.807) is 30.3 Å². The summed E-state index contributed by atoms with van der Waals surface area (Å²) in [4.78, 5) is 35.4. The van der Waals surface area contributed by atoms with Crippen LogP contribution >= 0.6 is 0 Å².